The van der Waals surface area contributed by atoms with Gasteiger partial charge in [0.1, 0.15) is 0 Å². The van der Waals surface area contributed by atoms with Crippen molar-refractivity contribution in [3.63, 3.8) is 0 Å². The lowest BCUT2D eigenvalue weighted by Gasteiger charge is -2.18. The molecule has 3 rings (SSSR count). The second-order valence-electron chi connectivity index (χ2n) is 5.73. The molecule has 0 aliphatic heterocycles. The molecular weight excluding hydrogens is 299 g/mol. The monoisotopic (exact) mass is 318 g/mol. The molecule has 0 unspecified atom stereocenters. The third-order valence-corrected chi connectivity index (χ3v) is 4.81. The predicted molar refractivity (Wildman–Crippen MR) is 98.1 cm³/mol. The quantitative estimate of drug-likeness (QED) is 0.507. The van der Waals surface area contributed by atoms with Crippen molar-refractivity contribution < 1.29 is 4.57 Å². The van der Waals surface area contributed by atoms with E-state index < -0.39 is 0 Å². The van der Waals surface area contributed by atoms with Crippen LogP contribution in [0.25, 0.3) is 22.3 Å². The maximum absolute atomic E-state index is 11.2. The van der Waals surface area contributed by atoms with Gasteiger partial charge in [-0.25, -0.2) is 0 Å². The summed E-state index contributed by atoms with van der Waals surface area (Å²) in [4.78, 5) is 0. The van der Waals surface area contributed by atoms with Gasteiger partial charge in [-0.1, -0.05) is 60.7 Å². The van der Waals surface area contributed by atoms with Gasteiger partial charge in [-0.2, -0.15) is 0 Å². The molecule has 0 radical (unpaired) electrons. The molecule has 0 aliphatic rings. The minimum atomic E-state index is 0.159. The first-order chi connectivity index (χ1) is 11.2. The standard InChI is InChI=1S/C21H19OP/c1-15-19(14-23-22)13-20(17-9-5-3-6-10-17)16(2)21(15)18-11-7-4-8-12-18/h3-13H,14H2,1-2H3. The van der Waals surface area contributed by atoms with Gasteiger partial charge in [0.05, 0.1) is 6.16 Å². The molecule has 0 saturated carbocycles. The van der Waals surface area contributed by atoms with Crippen LogP contribution in [0.5, 0.6) is 0 Å². The summed E-state index contributed by atoms with van der Waals surface area (Å²) in [6.07, 6.45) is 0.547. The molecule has 23 heavy (non-hydrogen) atoms. The summed E-state index contributed by atoms with van der Waals surface area (Å²) in [5.74, 6) is 0. The molecule has 0 aliphatic carbocycles. The lowest BCUT2D eigenvalue weighted by molar-refractivity contribution is 0.598. The van der Waals surface area contributed by atoms with Crippen molar-refractivity contribution in [3.05, 3.63) is 83.4 Å². The van der Waals surface area contributed by atoms with Crippen molar-refractivity contribution >= 4 is 8.46 Å². The molecule has 0 bridgehead atoms. The van der Waals surface area contributed by atoms with Crippen LogP contribution in [0.3, 0.4) is 0 Å². The summed E-state index contributed by atoms with van der Waals surface area (Å²) < 4.78 is 11.2. The molecule has 3 aromatic rings. The first kappa shape index (κ1) is 15.6. The smallest absolute Gasteiger partial charge is 0.160 e. The molecule has 0 saturated heterocycles. The van der Waals surface area contributed by atoms with E-state index >= 15 is 0 Å². The molecule has 3 aromatic carbocycles. The summed E-state index contributed by atoms with van der Waals surface area (Å²) in [6, 6.07) is 23.0. The fraction of sp³-hybridized carbons (Fsp3) is 0.143. The average Bonchev–Trinajstić information content (AvgIpc) is 2.59. The van der Waals surface area contributed by atoms with Crippen LogP contribution in [-0.4, -0.2) is 0 Å². The zero-order valence-corrected chi connectivity index (χ0v) is 14.3. The molecule has 114 valence electrons. The van der Waals surface area contributed by atoms with Gasteiger partial charge < -0.3 is 0 Å². The SMILES string of the molecule is Cc1c(CP=O)cc(-c2ccccc2)c(C)c1-c1ccccc1. The normalized spacial score (nSPS) is 10.9. The molecule has 2 heteroatoms. The van der Waals surface area contributed by atoms with Gasteiger partial charge in [-0.05, 0) is 58.9 Å². The second-order valence-corrected chi connectivity index (χ2v) is 6.30. The van der Waals surface area contributed by atoms with Crippen LogP contribution in [0.1, 0.15) is 16.7 Å². The topological polar surface area (TPSA) is 17.1 Å². The Morgan fingerprint density at radius 3 is 1.91 bits per heavy atom. The van der Waals surface area contributed by atoms with Crippen molar-refractivity contribution in [2.24, 2.45) is 0 Å². The molecular formula is C21H19OP. The van der Waals surface area contributed by atoms with Gasteiger partial charge >= 0.3 is 0 Å². The molecule has 0 heterocycles. The molecule has 0 atom stereocenters. The van der Waals surface area contributed by atoms with Gasteiger partial charge in [0.25, 0.3) is 0 Å². The summed E-state index contributed by atoms with van der Waals surface area (Å²) in [6.45, 7) is 4.31. The second kappa shape index (κ2) is 6.89. The predicted octanol–water partition coefficient (Wildman–Crippen LogP) is 6.43. The van der Waals surface area contributed by atoms with Crippen LogP contribution in [0.4, 0.5) is 0 Å². The van der Waals surface area contributed by atoms with Crippen molar-refractivity contribution in [1.82, 2.24) is 0 Å². The molecule has 0 fully saturated rings. The van der Waals surface area contributed by atoms with E-state index in [1.807, 2.05) is 12.1 Å². The van der Waals surface area contributed by atoms with E-state index in [-0.39, 0.29) is 8.46 Å². The Labute approximate surface area is 139 Å². The number of benzene rings is 3. The zero-order chi connectivity index (χ0) is 16.2. The third-order valence-electron chi connectivity index (χ3n) is 4.34. The summed E-state index contributed by atoms with van der Waals surface area (Å²) in [7, 11) is 0.159. The van der Waals surface area contributed by atoms with Crippen molar-refractivity contribution in [3.8, 4) is 22.3 Å². The van der Waals surface area contributed by atoms with Crippen LogP contribution in [0.15, 0.2) is 66.7 Å². The third kappa shape index (κ3) is 3.11. The highest BCUT2D eigenvalue weighted by Crippen LogP contribution is 2.37. The molecule has 0 spiro atoms. The van der Waals surface area contributed by atoms with E-state index in [1.54, 1.807) is 0 Å². The summed E-state index contributed by atoms with van der Waals surface area (Å²) in [5, 5.41) is 0. The van der Waals surface area contributed by atoms with Crippen molar-refractivity contribution in [2.75, 3.05) is 0 Å². The van der Waals surface area contributed by atoms with Crippen LogP contribution in [0, 0.1) is 13.8 Å². The fourth-order valence-corrected chi connectivity index (χ4v) is 3.62. The maximum atomic E-state index is 11.2. The van der Waals surface area contributed by atoms with Gasteiger partial charge in [-0.3, -0.25) is 4.57 Å². The van der Waals surface area contributed by atoms with Crippen LogP contribution in [0.2, 0.25) is 0 Å². The van der Waals surface area contributed by atoms with E-state index in [9.17, 15) is 4.57 Å². The number of hydrogen-bond donors (Lipinski definition) is 0. The highest BCUT2D eigenvalue weighted by molar-refractivity contribution is 7.22. The number of hydrogen-bond acceptors (Lipinski definition) is 1. The molecule has 0 N–H and O–H groups in total. The summed E-state index contributed by atoms with van der Waals surface area (Å²) in [5.41, 5.74) is 8.52. The number of rotatable bonds is 4. The van der Waals surface area contributed by atoms with Gasteiger partial charge in [0, 0.05) is 0 Å². The van der Waals surface area contributed by atoms with Crippen molar-refractivity contribution in [1.29, 1.82) is 0 Å². The molecule has 0 aromatic heterocycles. The van der Waals surface area contributed by atoms with Gasteiger partial charge in [-0.15, -0.1) is 0 Å². The largest absolute Gasteiger partial charge is 0.275 e. The molecule has 0 amide bonds. The summed E-state index contributed by atoms with van der Waals surface area (Å²) >= 11 is 0. The molecule has 1 nitrogen and oxygen atoms in total. The minimum absolute atomic E-state index is 0.159. The van der Waals surface area contributed by atoms with E-state index in [4.69, 9.17) is 0 Å². The van der Waals surface area contributed by atoms with Crippen LogP contribution in [-0.2, 0) is 10.7 Å². The van der Waals surface area contributed by atoms with Gasteiger partial charge in [0.2, 0.25) is 0 Å². The van der Waals surface area contributed by atoms with Crippen molar-refractivity contribution in [2.45, 2.75) is 20.0 Å². The Bertz CT molecular complexity index is 823. The van der Waals surface area contributed by atoms with Gasteiger partial charge in [0.15, 0.2) is 8.46 Å². The Hall–Kier alpha value is -2.24. The fourth-order valence-electron chi connectivity index (χ4n) is 3.16. The van der Waals surface area contributed by atoms with E-state index in [0.717, 1.165) is 5.56 Å². The first-order valence-corrected chi connectivity index (χ1v) is 8.75. The van der Waals surface area contributed by atoms with Crippen LogP contribution >= 0.6 is 8.46 Å². The zero-order valence-electron chi connectivity index (χ0n) is 13.4. The Balaban J connectivity index is 2.30. The van der Waals surface area contributed by atoms with E-state index in [1.165, 1.54) is 33.4 Å². The maximum Gasteiger partial charge on any atom is 0.160 e. The minimum Gasteiger partial charge on any atom is -0.275 e. The van der Waals surface area contributed by atoms with E-state index in [0.29, 0.717) is 6.16 Å². The highest BCUT2D eigenvalue weighted by Gasteiger charge is 2.15. The van der Waals surface area contributed by atoms with E-state index in [2.05, 4.69) is 68.4 Å². The lowest BCUT2D eigenvalue weighted by Crippen LogP contribution is -1.97. The Morgan fingerprint density at radius 2 is 1.35 bits per heavy atom. The first-order valence-electron chi connectivity index (χ1n) is 7.75. The van der Waals surface area contributed by atoms with Crippen LogP contribution < -0.4 is 0 Å². The average molecular weight is 318 g/mol. The Morgan fingerprint density at radius 1 is 0.783 bits per heavy atom. The Kier molecular flexibility index (Phi) is 4.69. The highest BCUT2D eigenvalue weighted by atomic mass is 31.1. The lowest BCUT2D eigenvalue weighted by atomic mass is 9.87.